The smallest absolute Gasteiger partial charge is 0.0547 e. The van der Waals surface area contributed by atoms with Crippen molar-refractivity contribution in [1.82, 2.24) is 9.88 Å². The quantitative estimate of drug-likeness (QED) is 0.702. The first-order chi connectivity index (χ1) is 9.55. The molecular weight excluding hydrogens is 246 g/mol. The summed E-state index contributed by atoms with van der Waals surface area (Å²) in [7, 11) is 0. The number of hydrogen-bond acceptors (Lipinski definition) is 3. The molecule has 114 valence electrons. The minimum atomic E-state index is 0.0787. The van der Waals surface area contributed by atoms with Crippen LogP contribution in [0.1, 0.15) is 57.8 Å². The van der Waals surface area contributed by atoms with Crippen molar-refractivity contribution in [2.75, 3.05) is 13.1 Å². The van der Waals surface area contributed by atoms with E-state index in [0.717, 1.165) is 30.9 Å². The lowest BCUT2D eigenvalue weighted by Gasteiger charge is -2.40. The Balaban J connectivity index is 2.75. The van der Waals surface area contributed by atoms with E-state index in [1.807, 2.05) is 13.0 Å². The summed E-state index contributed by atoms with van der Waals surface area (Å²) in [5, 5.41) is 0. The average molecular weight is 277 g/mol. The number of nitrogens with zero attached hydrogens (tertiary/aromatic N) is 2. The second-order valence-electron chi connectivity index (χ2n) is 5.94. The average Bonchev–Trinajstić information content (AvgIpc) is 2.45. The maximum atomic E-state index is 6.09. The number of unbranched alkanes of at least 4 members (excludes halogenated alkanes) is 2. The molecule has 1 aromatic rings. The zero-order valence-electron chi connectivity index (χ0n) is 13.7. The van der Waals surface area contributed by atoms with Crippen molar-refractivity contribution in [3.05, 3.63) is 29.6 Å². The first-order valence-electron chi connectivity index (χ1n) is 7.93. The van der Waals surface area contributed by atoms with E-state index in [1.54, 1.807) is 0 Å². The van der Waals surface area contributed by atoms with Crippen molar-refractivity contribution in [3.8, 4) is 0 Å². The predicted octanol–water partition coefficient (Wildman–Crippen LogP) is 3.51. The highest BCUT2D eigenvalue weighted by Crippen LogP contribution is 2.23. The van der Waals surface area contributed by atoms with Gasteiger partial charge in [0.25, 0.3) is 0 Å². The lowest BCUT2D eigenvalue weighted by Crippen LogP contribution is -2.51. The lowest BCUT2D eigenvalue weighted by molar-refractivity contribution is 0.0951. The van der Waals surface area contributed by atoms with E-state index in [-0.39, 0.29) is 5.54 Å². The molecule has 0 bridgehead atoms. The monoisotopic (exact) mass is 277 g/mol. The topological polar surface area (TPSA) is 42.1 Å². The fourth-order valence-electron chi connectivity index (χ4n) is 2.71. The molecule has 0 saturated carbocycles. The zero-order chi connectivity index (χ0) is 15.0. The van der Waals surface area contributed by atoms with E-state index in [4.69, 9.17) is 5.73 Å². The largest absolute Gasteiger partial charge is 0.329 e. The second kappa shape index (κ2) is 8.38. The molecule has 0 amide bonds. The van der Waals surface area contributed by atoms with Crippen molar-refractivity contribution in [1.29, 1.82) is 0 Å². The molecule has 2 N–H and O–H groups in total. The van der Waals surface area contributed by atoms with E-state index in [1.165, 1.54) is 19.3 Å². The molecule has 1 heterocycles. The predicted molar refractivity (Wildman–Crippen MR) is 86.7 cm³/mol. The van der Waals surface area contributed by atoms with Crippen LogP contribution in [0.5, 0.6) is 0 Å². The van der Waals surface area contributed by atoms with Gasteiger partial charge in [0.05, 0.1) is 5.69 Å². The van der Waals surface area contributed by atoms with Crippen LogP contribution in [0.3, 0.4) is 0 Å². The molecule has 20 heavy (non-hydrogen) atoms. The van der Waals surface area contributed by atoms with Gasteiger partial charge in [-0.2, -0.15) is 0 Å². The highest BCUT2D eigenvalue weighted by Gasteiger charge is 2.29. The van der Waals surface area contributed by atoms with Crippen molar-refractivity contribution in [2.45, 2.75) is 65.5 Å². The number of aryl methyl sites for hydroxylation is 1. The summed E-state index contributed by atoms with van der Waals surface area (Å²) in [6, 6.07) is 6.24. The van der Waals surface area contributed by atoms with Gasteiger partial charge in [0, 0.05) is 24.3 Å². The van der Waals surface area contributed by atoms with Crippen molar-refractivity contribution in [3.63, 3.8) is 0 Å². The molecule has 1 atom stereocenters. The van der Waals surface area contributed by atoms with E-state index < -0.39 is 0 Å². The molecule has 1 aromatic heterocycles. The highest BCUT2D eigenvalue weighted by molar-refractivity contribution is 5.10. The van der Waals surface area contributed by atoms with Gasteiger partial charge in [0.1, 0.15) is 0 Å². The Hall–Kier alpha value is -0.930. The van der Waals surface area contributed by atoms with Crippen LogP contribution in [0.4, 0.5) is 0 Å². The van der Waals surface area contributed by atoms with Gasteiger partial charge in [-0.15, -0.1) is 0 Å². The molecule has 0 aliphatic heterocycles. The van der Waals surface area contributed by atoms with Gasteiger partial charge in [-0.05, 0) is 38.9 Å². The molecular formula is C17H31N3. The Bertz CT molecular complexity index is 392. The van der Waals surface area contributed by atoms with Gasteiger partial charge in [-0.25, -0.2) is 0 Å². The highest BCUT2D eigenvalue weighted by atomic mass is 15.2. The van der Waals surface area contributed by atoms with E-state index in [9.17, 15) is 0 Å². The maximum Gasteiger partial charge on any atom is 0.0547 e. The third-order valence-corrected chi connectivity index (χ3v) is 4.20. The molecule has 1 unspecified atom stereocenters. The van der Waals surface area contributed by atoms with Crippen molar-refractivity contribution >= 4 is 0 Å². The van der Waals surface area contributed by atoms with Gasteiger partial charge in [-0.1, -0.05) is 39.2 Å². The summed E-state index contributed by atoms with van der Waals surface area (Å²) >= 11 is 0. The van der Waals surface area contributed by atoms with E-state index >= 15 is 0 Å². The number of rotatable bonds is 9. The third-order valence-electron chi connectivity index (χ3n) is 4.20. The van der Waals surface area contributed by atoms with Crippen LogP contribution >= 0.6 is 0 Å². The summed E-state index contributed by atoms with van der Waals surface area (Å²) < 4.78 is 0. The fraction of sp³-hybridized carbons (Fsp3) is 0.706. The summed E-state index contributed by atoms with van der Waals surface area (Å²) in [4.78, 5) is 7.10. The minimum absolute atomic E-state index is 0.0787. The van der Waals surface area contributed by atoms with Crippen molar-refractivity contribution in [2.24, 2.45) is 5.73 Å². The summed E-state index contributed by atoms with van der Waals surface area (Å²) in [6.45, 7) is 11.4. The molecule has 0 fully saturated rings. The van der Waals surface area contributed by atoms with Crippen LogP contribution in [-0.2, 0) is 6.54 Å². The van der Waals surface area contributed by atoms with Crippen LogP contribution in [0.2, 0.25) is 0 Å². The molecule has 0 aliphatic rings. The van der Waals surface area contributed by atoms with Gasteiger partial charge in [-0.3, -0.25) is 9.88 Å². The third kappa shape index (κ3) is 4.88. The number of hydrogen-bond donors (Lipinski definition) is 1. The second-order valence-corrected chi connectivity index (χ2v) is 5.94. The van der Waals surface area contributed by atoms with Gasteiger partial charge in [0.2, 0.25) is 0 Å². The number of likely N-dealkylation sites (N-methyl/N-ethyl adjacent to an activating group) is 1. The van der Waals surface area contributed by atoms with E-state index in [2.05, 4.69) is 42.8 Å². The Morgan fingerprint density at radius 3 is 2.55 bits per heavy atom. The molecule has 0 aliphatic carbocycles. The Labute approximate surface area is 124 Å². The van der Waals surface area contributed by atoms with Crippen LogP contribution in [0, 0.1) is 6.92 Å². The standard InChI is InChI=1S/C17H31N3/c1-5-7-8-12-17(4,14-18)20(6-2)13-16-11-9-10-15(3)19-16/h9-11H,5-8,12-14,18H2,1-4H3. The first-order valence-corrected chi connectivity index (χ1v) is 7.93. The van der Waals surface area contributed by atoms with E-state index in [0.29, 0.717) is 6.54 Å². The molecule has 0 saturated heterocycles. The molecule has 0 spiro atoms. The van der Waals surface area contributed by atoms with Crippen molar-refractivity contribution < 1.29 is 0 Å². The van der Waals surface area contributed by atoms with Crippen LogP contribution in [0.25, 0.3) is 0 Å². The van der Waals surface area contributed by atoms with Gasteiger partial charge in [0.15, 0.2) is 0 Å². The normalized spacial score (nSPS) is 14.5. The molecule has 1 rings (SSSR count). The molecule has 0 aromatic carbocycles. The number of pyridine rings is 1. The molecule has 3 nitrogen and oxygen atoms in total. The van der Waals surface area contributed by atoms with Crippen LogP contribution in [0.15, 0.2) is 18.2 Å². The zero-order valence-corrected chi connectivity index (χ0v) is 13.7. The summed E-state index contributed by atoms with van der Waals surface area (Å²) in [5.74, 6) is 0. The molecule has 3 heteroatoms. The number of aromatic nitrogens is 1. The Kier molecular flexibility index (Phi) is 7.17. The summed E-state index contributed by atoms with van der Waals surface area (Å²) in [5.41, 5.74) is 8.39. The minimum Gasteiger partial charge on any atom is -0.329 e. The first kappa shape index (κ1) is 17.1. The van der Waals surface area contributed by atoms with Gasteiger partial charge >= 0.3 is 0 Å². The van der Waals surface area contributed by atoms with Crippen LogP contribution in [-0.4, -0.2) is 28.5 Å². The fourth-order valence-corrected chi connectivity index (χ4v) is 2.71. The Morgan fingerprint density at radius 2 is 2.00 bits per heavy atom. The van der Waals surface area contributed by atoms with Crippen LogP contribution < -0.4 is 5.73 Å². The molecule has 0 radical (unpaired) electrons. The summed E-state index contributed by atoms with van der Waals surface area (Å²) in [6.07, 6.45) is 4.96. The SMILES string of the molecule is CCCCCC(C)(CN)N(CC)Cc1cccc(C)n1. The number of nitrogens with two attached hydrogens (primary N) is 1. The Morgan fingerprint density at radius 1 is 1.25 bits per heavy atom. The lowest BCUT2D eigenvalue weighted by atomic mass is 9.92. The van der Waals surface area contributed by atoms with Gasteiger partial charge < -0.3 is 5.73 Å². The maximum absolute atomic E-state index is 6.09.